The maximum atomic E-state index is 12.3. The highest BCUT2D eigenvalue weighted by Crippen LogP contribution is 2.21. The van der Waals surface area contributed by atoms with Crippen LogP contribution in [0.1, 0.15) is 36.2 Å². The van der Waals surface area contributed by atoms with Gasteiger partial charge in [0.15, 0.2) is 0 Å². The number of nitrogens with zero attached hydrogens (tertiary/aromatic N) is 4. The fraction of sp³-hybridized carbons (Fsp3) is 0.667. The molecule has 6 nitrogen and oxygen atoms in total. The molecule has 1 saturated heterocycles. The topological polar surface area (TPSA) is 61.4 Å². The van der Waals surface area contributed by atoms with Gasteiger partial charge in [0.25, 0.3) is 5.91 Å². The summed E-state index contributed by atoms with van der Waals surface area (Å²) >= 11 is 0. The van der Waals surface area contributed by atoms with Gasteiger partial charge >= 0.3 is 0 Å². The molecule has 21 heavy (non-hydrogen) atoms. The monoisotopic (exact) mass is 289 g/mol. The number of likely N-dealkylation sites (N-methyl/N-ethyl adjacent to an activating group) is 1. The highest BCUT2D eigenvalue weighted by Gasteiger charge is 2.22. The lowest BCUT2D eigenvalue weighted by Crippen LogP contribution is -2.47. The predicted molar refractivity (Wildman–Crippen MR) is 81.3 cm³/mol. The van der Waals surface area contributed by atoms with Gasteiger partial charge in [0, 0.05) is 32.2 Å². The van der Waals surface area contributed by atoms with Gasteiger partial charge in [-0.05, 0) is 19.9 Å². The number of hydrogen-bond acceptors (Lipinski definition) is 5. The van der Waals surface area contributed by atoms with Gasteiger partial charge in [-0.2, -0.15) is 0 Å². The molecule has 114 valence electrons. The minimum atomic E-state index is -0.0111. The van der Waals surface area contributed by atoms with E-state index < -0.39 is 0 Å². The molecule has 6 heteroatoms. The number of rotatable bonds is 3. The van der Waals surface area contributed by atoms with Gasteiger partial charge in [-0.3, -0.25) is 4.79 Å². The van der Waals surface area contributed by atoms with Crippen molar-refractivity contribution in [3.05, 3.63) is 18.1 Å². The van der Waals surface area contributed by atoms with Gasteiger partial charge in [-0.25, -0.2) is 9.97 Å². The van der Waals surface area contributed by atoms with Crippen LogP contribution in [0.15, 0.2) is 12.4 Å². The number of piperazine rings is 1. The van der Waals surface area contributed by atoms with Crippen molar-refractivity contribution in [2.45, 2.75) is 31.7 Å². The second-order valence-corrected chi connectivity index (χ2v) is 6.01. The van der Waals surface area contributed by atoms with Crippen molar-refractivity contribution in [3.63, 3.8) is 0 Å². The van der Waals surface area contributed by atoms with E-state index >= 15 is 0 Å². The first-order chi connectivity index (χ1) is 10.2. The SMILES string of the molecule is CN1CCN(C(=O)c2cnc(NC3CCCC3)cn2)CC1. The quantitative estimate of drug-likeness (QED) is 0.906. The Morgan fingerprint density at radius 1 is 1.14 bits per heavy atom. The van der Waals surface area contributed by atoms with Crippen molar-refractivity contribution in [3.8, 4) is 0 Å². The maximum Gasteiger partial charge on any atom is 0.274 e. The Morgan fingerprint density at radius 2 is 1.86 bits per heavy atom. The van der Waals surface area contributed by atoms with Crippen molar-refractivity contribution >= 4 is 11.7 Å². The number of anilines is 1. The highest BCUT2D eigenvalue weighted by atomic mass is 16.2. The van der Waals surface area contributed by atoms with E-state index in [-0.39, 0.29) is 5.91 Å². The fourth-order valence-corrected chi connectivity index (χ4v) is 2.96. The van der Waals surface area contributed by atoms with E-state index in [2.05, 4.69) is 27.2 Å². The summed E-state index contributed by atoms with van der Waals surface area (Å²) < 4.78 is 0. The van der Waals surface area contributed by atoms with Gasteiger partial charge in [0.05, 0.1) is 12.4 Å². The average molecular weight is 289 g/mol. The third kappa shape index (κ3) is 3.50. The van der Waals surface area contributed by atoms with E-state index in [1.54, 1.807) is 12.4 Å². The summed E-state index contributed by atoms with van der Waals surface area (Å²) in [7, 11) is 2.07. The molecule has 1 aromatic heterocycles. The minimum Gasteiger partial charge on any atom is -0.366 e. The molecule has 0 bridgehead atoms. The summed E-state index contributed by atoms with van der Waals surface area (Å²) in [6.07, 6.45) is 8.24. The molecule has 2 heterocycles. The number of carbonyl (C=O) groups is 1. The Bertz CT molecular complexity index is 475. The largest absolute Gasteiger partial charge is 0.366 e. The molecule has 2 fully saturated rings. The zero-order chi connectivity index (χ0) is 14.7. The van der Waals surface area contributed by atoms with Crippen LogP contribution < -0.4 is 5.32 Å². The molecule has 1 aliphatic heterocycles. The Hall–Kier alpha value is -1.69. The van der Waals surface area contributed by atoms with Crippen molar-refractivity contribution in [2.24, 2.45) is 0 Å². The Kier molecular flexibility index (Phi) is 4.34. The van der Waals surface area contributed by atoms with E-state index in [1.165, 1.54) is 25.7 Å². The number of aromatic nitrogens is 2. The van der Waals surface area contributed by atoms with Crippen LogP contribution in [0.25, 0.3) is 0 Å². The summed E-state index contributed by atoms with van der Waals surface area (Å²) in [5, 5.41) is 3.39. The van der Waals surface area contributed by atoms with Crippen molar-refractivity contribution in [1.29, 1.82) is 0 Å². The Labute approximate surface area is 125 Å². The van der Waals surface area contributed by atoms with Gasteiger partial charge in [0.2, 0.25) is 0 Å². The first kappa shape index (κ1) is 14.3. The van der Waals surface area contributed by atoms with Crippen LogP contribution in [0.3, 0.4) is 0 Å². The van der Waals surface area contributed by atoms with E-state index in [1.807, 2.05) is 4.90 Å². The van der Waals surface area contributed by atoms with Crippen molar-refractivity contribution in [1.82, 2.24) is 19.8 Å². The molecule has 0 aromatic carbocycles. The summed E-state index contributed by atoms with van der Waals surface area (Å²) in [6.45, 7) is 3.36. The van der Waals surface area contributed by atoms with Crippen LogP contribution in [-0.2, 0) is 0 Å². The smallest absolute Gasteiger partial charge is 0.274 e. The molecular weight excluding hydrogens is 266 g/mol. The van der Waals surface area contributed by atoms with Gasteiger partial charge in [-0.1, -0.05) is 12.8 Å². The Balaban J connectivity index is 1.59. The minimum absolute atomic E-state index is 0.0111. The van der Waals surface area contributed by atoms with Crippen molar-refractivity contribution in [2.75, 3.05) is 38.5 Å². The molecule has 3 rings (SSSR count). The molecular formula is C15H23N5O. The number of carbonyl (C=O) groups excluding carboxylic acids is 1. The molecule has 1 amide bonds. The van der Waals surface area contributed by atoms with Crippen LogP contribution in [0.5, 0.6) is 0 Å². The third-order valence-electron chi connectivity index (χ3n) is 4.37. The molecule has 1 aliphatic carbocycles. The first-order valence-corrected chi connectivity index (χ1v) is 7.79. The second-order valence-electron chi connectivity index (χ2n) is 6.01. The number of hydrogen-bond donors (Lipinski definition) is 1. The lowest BCUT2D eigenvalue weighted by atomic mass is 10.2. The zero-order valence-electron chi connectivity index (χ0n) is 12.6. The zero-order valence-corrected chi connectivity index (χ0v) is 12.6. The maximum absolute atomic E-state index is 12.3. The van der Waals surface area contributed by atoms with E-state index in [0.717, 1.165) is 32.0 Å². The second kappa shape index (κ2) is 6.39. The molecule has 0 spiro atoms. The summed E-state index contributed by atoms with van der Waals surface area (Å²) in [4.78, 5) is 25.1. The molecule has 1 N–H and O–H groups in total. The molecule has 0 unspecified atom stereocenters. The van der Waals surface area contributed by atoms with Crippen LogP contribution in [0.4, 0.5) is 5.82 Å². The molecule has 1 saturated carbocycles. The standard InChI is InChI=1S/C15H23N5O/c1-19-6-8-20(9-7-19)15(21)13-10-17-14(11-16-13)18-12-4-2-3-5-12/h10-12H,2-9H2,1H3,(H,17,18). The van der Waals surface area contributed by atoms with Crippen molar-refractivity contribution < 1.29 is 4.79 Å². The van der Waals surface area contributed by atoms with Gasteiger partial charge in [0.1, 0.15) is 11.5 Å². The van der Waals surface area contributed by atoms with Gasteiger partial charge < -0.3 is 15.1 Å². The van der Waals surface area contributed by atoms with E-state index in [9.17, 15) is 4.79 Å². The number of amides is 1. The first-order valence-electron chi connectivity index (χ1n) is 7.79. The summed E-state index contributed by atoms with van der Waals surface area (Å²) in [5.74, 6) is 0.764. The number of nitrogens with one attached hydrogen (secondary N) is 1. The predicted octanol–water partition coefficient (Wildman–Crippen LogP) is 1.22. The van der Waals surface area contributed by atoms with Crippen LogP contribution in [0.2, 0.25) is 0 Å². The molecule has 0 atom stereocenters. The normalized spacial score (nSPS) is 20.7. The lowest BCUT2D eigenvalue weighted by Gasteiger charge is -2.32. The summed E-state index contributed by atoms with van der Waals surface area (Å²) in [6, 6.07) is 0.512. The van der Waals surface area contributed by atoms with E-state index in [4.69, 9.17) is 0 Å². The molecule has 2 aliphatic rings. The highest BCUT2D eigenvalue weighted by molar-refractivity contribution is 5.92. The summed E-state index contributed by atoms with van der Waals surface area (Å²) in [5.41, 5.74) is 0.441. The molecule has 0 radical (unpaired) electrons. The lowest BCUT2D eigenvalue weighted by molar-refractivity contribution is 0.0658. The Morgan fingerprint density at radius 3 is 2.48 bits per heavy atom. The molecule has 1 aromatic rings. The fourth-order valence-electron chi connectivity index (χ4n) is 2.96. The van der Waals surface area contributed by atoms with Gasteiger partial charge in [-0.15, -0.1) is 0 Å². The van der Waals surface area contributed by atoms with Crippen LogP contribution in [-0.4, -0.2) is 64.9 Å². The van der Waals surface area contributed by atoms with Crippen LogP contribution >= 0.6 is 0 Å². The third-order valence-corrected chi connectivity index (χ3v) is 4.37. The van der Waals surface area contributed by atoms with Crippen LogP contribution in [0, 0.1) is 0 Å². The van der Waals surface area contributed by atoms with E-state index in [0.29, 0.717) is 11.7 Å². The average Bonchev–Trinajstić information content (AvgIpc) is 3.01.